The zero-order valence-corrected chi connectivity index (χ0v) is 18.5. The second-order valence-electron chi connectivity index (χ2n) is 8.61. The first kappa shape index (κ1) is 21.2. The monoisotopic (exact) mass is 442 g/mol. The highest BCUT2D eigenvalue weighted by molar-refractivity contribution is 5.79. The summed E-state index contributed by atoms with van der Waals surface area (Å²) in [6, 6.07) is 24.8. The Morgan fingerprint density at radius 1 is 0.939 bits per heavy atom. The van der Waals surface area contributed by atoms with E-state index in [0.717, 1.165) is 54.0 Å². The summed E-state index contributed by atoms with van der Waals surface area (Å²) in [6.07, 6.45) is 2.14. The van der Waals surface area contributed by atoms with E-state index < -0.39 is 0 Å². The van der Waals surface area contributed by atoms with Gasteiger partial charge in [0.1, 0.15) is 5.82 Å². The molecule has 3 aromatic carbocycles. The van der Waals surface area contributed by atoms with Crippen molar-refractivity contribution in [1.82, 2.24) is 14.9 Å². The number of para-hydroxylation sites is 2. The quantitative estimate of drug-likeness (QED) is 0.477. The molecule has 33 heavy (non-hydrogen) atoms. The van der Waals surface area contributed by atoms with Crippen molar-refractivity contribution < 1.29 is 9.18 Å². The number of hydrogen-bond donors (Lipinski definition) is 1. The van der Waals surface area contributed by atoms with Gasteiger partial charge in [0.25, 0.3) is 0 Å². The fraction of sp³-hybridized carbons (Fsp3) is 0.259. The molecule has 0 aliphatic carbocycles. The molecule has 6 heteroatoms. The van der Waals surface area contributed by atoms with Crippen molar-refractivity contribution in [3.63, 3.8) is 0 Å². The van der Waals surface area contributed by atoms with E-state index in [0.29, 0.717) is 13.0 Å². The molecular weight excluding hydrogens is 415 g/mol. The van der Waals surface area contributed by atoms with Crippen LogP contribution < -0.4 is 10.2 Å². The van der Waals surface area contributed by atoms with E-state index in [9.17, 15) is 9.18 Å². The van der Waals surface area contributed by atoms with Crippen LogP contribution in [0, 0.1) is 5.82 Å². The van der Waals surface area contributed by atoms with Gasteiger partial charge in [-0.1, -0.05) is 54.6 Å². The van der Waals surface area contributed by atoms with Crippen LogP contribution in [0.4, 0.5) is 10.3 Å². The summed E-state index contributed by atoms with van der Waals surface area (Å²) in [5, 5.41) is 3.19. The average molecular weight is 443 g/mol. The lowest BCUT2D eigenvalue weighted by atomic mass is 10.0. The van der Waals surface area contributed by atoms with E-state index in [-0.39, 0.29) is 17.8 Å². The molecular formula is C27H27FN4O. The lowest BCUT2D eigenvalue weighted by Crippen LogP contribution is -2.45. The SMILES string of the molecule is O=C(Cc1ccccc1)NC1CCN(c2nc3ccccc3n2Cc2cccc(F)c2)CC1. The largest absolute Gasteiger partial charge is 0.353 e. The van der Waals surface area contributed by atoms with Gasteiger partial charge in [-0.05, 0) is 48.2 Å². The van der Waals surface area contributed by atoms with E-state index in [1.54, 1.807) is 12.1 Å². The standard InChI is InChI=1S/C27H27FN4O/c28-22-10-6-9-21(17-22)19-32-25-12-5-4-11-24(25)30-27(32)31-15-13-23(14-16-31)29-26(33)18-20-7-2-1-3-8-20/h1-12,17,23H,13-16,18-19H2,(H,29,33). The zero-order valence-electron chi connectivity index (χ0n) is 18.5. The maximum absolute atomic E-state index is 13.8. The molecule has 1 saturated heterocycles. The molecule has 168 valence electrons. The summed E-state index contributed by atoms with van der Waals surface area (Å²) in [4.78, 5) is 19.6. The number of halogens is 1. The Hall–Kier alpha value is -3.67. The summed E-state index contributed by atoms with van der Waals surface area (Å²) < 4.78 is 15.9. The number of imidazole rings is 1. The summed E-state index contributed by atoms with van der Waals surface area (Å²) in [7, 11) is 0. The van der Waals surface area contributed by atoms with Crippen molar-refractivity contribution in [3.8, 4) is 0 Å². The molecule has 4 aromatic rings. The first-order valence-corrected chi connectivity index (χ1v) is 11.4. The van der Waals surface area contributed by atoms with Crippen LogP contribution >= 0.6 is 0 Å². The Balaban J connectivity index is 1.29. The molecule has 1 aliphatic rings. The molecule has 1 fully saturated rings. The zero-order chi connectivity index (χ0) is 22.6. The van der Waals surface area contributed by atoms with Crippen LogP contribution in [-0.2, 0) is 17.8 Å². The predicted octanol–water partition coefficient (Wildman–Crippen LogP) is 4.55. The lowest BCUT2D eigenvalue weighted by Gasteiger charge is -2.33. The van der Waals surface area contributed by atoms with E-state index >= 15 is 0 Å². The highest BCUT2D eigenvalue weighted by Gasteiger charge is 2.25. The van der Waals surface area contributed by atoms with Crippen molar-refractivity contribution in [2.45, 2.75) is 31.8 Å². The van der Waals surface area contributed by atoms with Crippen LogP contribution in [0.1, 0.15) is 24.0 Å². The molecule has 0 bridgehead atoms. The van der Waals surface area contributed by atoms with Crippen molar-refractivity contribution in [1.29, 1.82) is 0 Å². The van der Waals surface area contributed by atoms with Crippen LogP contribution in [0.3, 0.4) is 0 Å². The van der Waals surface area contributed by atoms with Crippen molar-refractivity contribution in [3.05, 3.63) is 95.8 Å². The highest BCUT2D eigenvalue weighted by Crippen LogP contribution is 2.26. The van der Waals surface area contributed by atoms with Crippen molar-refractivity contribution >= 4 is 22.9 Å². The van der Waals surface area contributed by atoms with Gasteiger partial charge in [-0.15, -0.1) is 0 Å². The molecule has 5 nitrogen and oxygen atoms in total. The van der Waals surface area contributed by atoms with Crippen molar-refractivity contribution in [2.75, 3.05) is 18.0 Å². The summed E-state index contributed by atoms with van der Waals surface area (Å²) in [6.45, 7) is 2.17. The Kier molecular flexibility index (Phi) is 6.07. The predicted molar refractivity (Wildman–Crippen MR) is 129 cm³/mol. The maximum Gasteiger partial charge on any atom is 0.224 e. The molecule has 1 aromatic heterocycles. The molecule has 0 atom stereocenters. The molecule has 0 saturated carbocycles. The molecule has 1 amide bonds. The van der Waals surface area contributed by atoms with Crippen LogP contribution in [0.5, 0.6) is 0 Å². The number of nitrogens with one attached hydrogen (secondary N) is 1. The third-order valence-electron chi connectivity index (χ3n) is 6.21. The molecule has 0 radical (unpaired) electrons. The molecule has 5 rings (SSSR count). The minimum Gasteiger partial charge on any atom is -0.353 e. The molecule has 0 spiro atoms. The number of aromatic nitrogens is 2. The van der Waals surface area contributed by atoms with Gasteiger partial charge in [-0.3, -0.25) is 4.79 Å². The number of anilines is 1. The summed E-state index contributed by atoms with van der Waals surface area (Å²) >= 11 is 0. The van der Waals surface area contributed by atoms with Gasteiger partial charge in [-0.25, -0.2) is 9.37 Å². The van der Waals surface area contributed by atoms with E-state index in [4.69, 9.17) is 4.98 Å². The number of amides is 1. The Morgan fingerprint density at radius 3 is 2.45 bits per heavy atom. The summed E-state index contributed by atoms with van der Waals surface area (Å²) in [5.74, 6) is 0.734. The second kappa shape index (κ2) is 9.45. The van der Waals surface area contributed by atoms with E-state index in [1.807, 2.05) is 54.6 Å². The number of benzene rings is 3. The fourth-order valence-corrected chi connectivity index (χ4v) is 4.56. The van der Waals surface area contributed by atoms with Crippen LogP contribution in [0.2, 0.25) is 0 Å². The topological polar surface area (TPSA) is 50.2 Å². The van der Waals surface area contributed by atoms with Gasteiger partial charge < -0.3 is 14.8 Å². The number of piperidine rings is 1. The number of hydrogen-bond acceptors (Lipinski definition) is 3. The van der Waals surface area contributed by atoms with Gasteiger partial charge in [0, 0.05) is 19.1 Å². The number of rotatable bonds is 6. The first-order chi connectivity index (χ1) is 16.2. The molecule has 0 unspecified atom stereocenters. The molecule has 2 heterocycles. The van der Waals surface area contributed by atoms with Gasteiger partial charge in [0.15, 0.2) is 0 Å². The van der Waals surface area contributed by atoms with Gasteiger partial charge >= 0.3 is 0 Å². The fourth-order valence-electron chi connectivity index (χ4n) is 4.56. The van der Waals surface area contributed by atoms with Crippen LogP contribution in [-0.4, -0.2) is 34.6 Å². The normalized spacial score (nSPS) is 14.5. The first-order valence-electron chi connectivity index (χ1n) is 11.4. The third kappa shape index (κ3) is 4.90. The minimum absolute atomic E-state index is 0.0676. The van der Waals surface area contributed by atoms with Gasteiger partial charge in [0.05, 0.1) is 24.0 Å². The van der Waals surface area contributed by atoms with Crippen molar-refractivity contribution in [2.24, 2.45) is 0 Å². The third-order valence-corrected chi connectivity index (χ3v) is 6.21. The number of carbonyl (C=O) groups excluding carboxylic acids is 1. The molecule has 1 aliphatic heterocycles. The maximum atomic E-state index is 13.8. The van der Waals surface area contributed by atoms with Gasteiger partial charge in [-0.2, -0.15) is 0 Å². The molecule has 1 N–H and O–H groups in total. The minimum atomic E-state index is -0.231. The Bertz CT molecular complexity index is 1250. The number of nitrogens with zero attached hydrogens (tertiary/aromatic N) is 3. The van der Waals surface area contributed by atoms with Crippen LogP contribution in [0.25, 0.3) is 11.0 Å². The van der Waals surface area contributed by atoms with Crippen LogP contribution in [0.15, 0.2) is 78.9 Å². The number of fused-ring (bicyclic) bond motifs is 1. The van der Waals surface area contributed by atoms with E-state index in [2.05, 4.69) is 20.9 Å². The Labute approximate surface area is 192 Å². The Morgan fingerprint density at radius 2 is 1.67 bits per heavy atom. The second-order valence-corrected chi connectivity index (χ2v) is 8.61. The summed E-state index contributed by atoms with van der Waals surface area (Å²) in [5.41, 5.74) is 3.90. The lowest BCUT2D eigenvalue weighted by molar-refractivity contribution is -0.121. The highest BCUT2D eigenvalue weighted by atomic mass is 19.1. The van der Waals surface area contributed by atoms with Gasteiger partial charge in [0.2, 0.25) is 11.9 Å². The number of carbonyl (C=O) groups is 1. The average Bonchev–Trinajstić information content (AvgIpc) is 3.18. The smallest absolute Gasteiger partial charge is 0.224 e. The van der Waals surface area contributed by atoms with E-state index in [1.165, 1.54) is 6.07 Å².